The Balaban J connectivity index is 1.75. The topological polar surface area (TPSA) is 50.5 Å². The van der Waals surface area contributed by atoms with Gasteiger partial charge in [-0.15, -0.1) is 0 Å². The quantitative estimate of drug-likeness (QED) is 0.718. The van der Waals surface area contributed by atoms with Crippen molar-refractivity contribution >= 4 is 21.0 Å². The Kier molecular flexibility index (Phi) is 4.19. The van der Waals surface area contributed by atoms with E-state index in [1.807, 2.05) is 30.3 Å². The van der Waals surface area contributed by atoms with Crippen LogP contribution in [0, 0.1) is 5.82 Å². The molecule has 0 atom stereocenters. The van der Waals surface area contributed by atoms with E-state index >= 15 is 0 Å². The van der Waals surface area contributed by atoms with Crippen molar-refractivity contribution in [2.24, 2.45) is 0 Å². The molecule has 6 heteroatoms. The van der Waals surface area contributed by atoms with Crippen molar-refractivity contribution in [2.75, 3.05) is 7.05 Å². The maximum absolute atomic E-state index is 12.9. The van der Waals surface area contributed by atoms with Crippen LogP contribution in [0.1, 0.15) is 11.3 Å². The molecule has 120 valence electrons. The van der Waals surface area contributed by atoms with Gasteiger partial charge in [0, 0.05) is 12.4 Å². The molecule has 23 heavy (non-hydrogen) atoms. The van der Waals surface area contributed by atoms with Gasteiger partial charge in [-0.1, -0.05) is 30.3 Å². The Hall–Kier alpha value is -2.18. The molecule has 0 N–H and O–H groups in total. The molecule has 0 aliphatic carbocycles. The van der Waals surface area contributed by atoms with E-state index in [9.17, 15) is 12.8 Å². The first kappa shape index (κ1) is 15.7. The molecule has 3 aromatic rings. The summed E-state index contributed by atoms with van der Waals surface area (Å²) in [6, 6.07) is 14.8. The third-order valence-corrected chi connectivity index (χ3v) is 5.37. The van der Waals surface area contributed by atoms with Gasteiger partial charge in [0.05, 0.1) is 12.3 Å². The summed E-state index contributed by atoms with van der Waals surface area (Å²) < 4.78 is 44.6. The number of hydrogen-bond acceptors (Lipinski definition) is 3. The Bertz CT molecular complexity index is 883. The second-order valence-corrected chi connectivity index (χ2v) is 7.47. The van der Waals surface area contributed by atoms with Crippen LogP contribution in [0.25, 0.3) is 11.0 Å². The van der Waals surface area contributed by atoms with Gasteiger partial charge < -0.3 is 4.42 Å². The van der Waals surface area contributed by atoms with Crippen LogP contribution in [0.3, 0.4) is 0 Å². The average molecular weight is 333 g/mol. The summed E-state index contributed by atoms with van der Waals surface area (Å²) in [6.07, 6.45) is 0. The number of benzene rings is 2. The van der Waals surface area contributed by atoms with Crippen LogP contribution in [0.4, 0.5) is 4.39 Å². The summed E-state index contributed by atoms with van der Waals surface area (Å²) in [5, 5.41) is 0.937. The Labute approximate surface area is 134 Å². The minimum absolute atomic E-state index is 0.151. The van der Waals surface area contributed by atoms with E-state index in [2.05, 4.69) is 0 Å². The second-order valence-electron chi connectivity index (χ2n) is 5.39. The van der Waals surface area contributed by atoms with E-state index < -0.39 is 10.0 Å². The summed E-state index contributed by atoms with van der Waals surface area (Å²) in [5.41, 5.74) is 1.27. The fourth-order valence-corrected chi connectivity index (χ4v) is 3.49. The zero-order valence-corrected chi connectivity index (χ0v) is 13.4. The molecule has 0 aliphatic heterocycles. The van der Waals surface area contributed by atoms with Crippen LogP contribution >= 0.6 is 0 Å². The summed E-state index contributed by atoms with van der Waals surface area (Å²) in [5.74, 6) is 0.0162. The molecule has 0 amide bonds. The number of fused-ring (bicyclic) bond motifs is 1. The van der Waals surface area contributed by atoms with E-state index in [1.54, 1.807) is 0 Å². The maximum atomic E-state index is 12.9. The molecular formula is C17H16FNO3S. The number of rotatable bonds is 5. The average Bonchev–Trinajstić information content (AvgIpc) is 2.91. The molecule has 0 saturated carbocycles. The standard InChI is InChI=1S/C17H16FNO3S/c1-19(11-16-10-14-4-2-3-5-17(14)22-16)23(20,21)12-13-6-8-15(18)9-7-13/h2-10H,11-12H2,1H3. The van der Waals surface area contributed by atoms with Gasteiger partial charge >= 0.3 is 0 Å². The van der Waals surface area contributed by atoms with Crippen LogP contribution in [0.2, 0.25) is 0 Å². The first-order chi connectivity index (χ1) is 10.9. The van der Waals surface area contributed by atoms with Gasteiger partial charge in [0.2, 0.25) is 10.0 Å². The molecule has 0 saturated heterocycles. The molecule has 1 aromatic heterocycles. The Morgan fingerprint density at radius 1 is 1.09 bits per heavy atom. The molecule has 2 aromatic carbocycles. The summed E-state index contributed by atoms with van der Waals surface area (Å²) in [4.78, 5) is 0. The van der Waals surface area contributed by atoms with Crippen LogP contribution in [0.15, 0.2) is 59.0 Å². The minimum Gasteiger partial charge on any atom is -0.460 e. The molecule has 0 unspecified atom stereocenters. The predicted molar refractivity (Wildman–Crippen MR) is 86.7 cm³/mol. The molecule has 0 radical (unpaired) electrons. The molecule has 3 rings (SSSR count). The molecular weight excluding hydrogens is 317 g/mol. The summed E-state index contributed by atoms with van der Waals surface area (Å²) in [6.45, 7) is 0.151. The third kappa shape index (κ3) is 3.60. The third-order valence-electron chi connectivity index (χ3n) is 3.59. The smallest absolute Gasteiger partial charge is 0.218 e. The molecule has 0 spiro atoms. The zero-order chi connectivity index (χ0) is 16.4. The molecule has 4 nitrogen and oxygen atoms in total. The predicted octanol–water partition coefficient (Wildman–Crippen LogP) is 3.53. The van der Waals surface area contributed by atoms with Crippen molar-refractivity contribution in [3.05, 3.63) is 71.7 Å². The number of furan rings is 1. The van der Waals surface area contributed by atoms with E-state index in [1.165, 1.54) is 35.6 Å². The second kappa shape index (κ2) is 6.14. The maximum Gasteiger partial charge on any atom is 0.218 e. The molecule has 0 fully saturated rings. The van der Waals surface area contributed by atoms with Gasteiger partial charge in [-0.2, -0.15) is 4.31 Å². The summed E-state index contributed by atoms with van der Waals surface area (Å²) in [7, 11) is -2.00. The van der Waals surface area contributed by atoms with Gasteiger partial charge in [0.1, 0.15) is 17.2 Å². The van der Waals surface area contributed by atoms with E-state index in [0.29, 0.717) is 11.3 Å². The number of halogens is 1. The first-order valence-corrected chi connectivity index (χ1v) is 8.71. The van der Waals surface area contributed by atoms with E-state index in [-0.39, 0.29) is 18.1 Å². The molecule has 0 aliphatic rings. The Morgan fingerprint density at radius 2 is 1.78 bits per heavy atom. The molecule has 0 bridgehead atoms. The minimum atomic E-state index is -3.51. The van der Waals surface area contributed by atoms with Crippen molar-refractivity contribution in [1.29, 1.82) is 0 Å². The number of nitrogens with zero attached hydrogens (tertiary/aromatic N) is 1. The lowest BCUT2D eigenvalue weighted by Gasteiger charge is -2.15. The number of hydrogen-bond donors (Lipinski definition) is 0. The van der Waals surface area contributed by atoms with Gasteiger partial charge in [0.25, 0.3) is 0 Å². The van der Waals surface area contributed by atoms with Crippen molar-refractivity contribution in [1.82, 2.24) is 4.31 Å². The lowest BCUT2D eigenvalue weighted by Crippen LogP contribution is -2.27. The van der Waals surface area contributed by atoms with Gasteiger partial charge in [0.15, 0.2) is 0 Å². The fourth-order valence-electron chi connectivity index (χ4n) is 2.33. The van der Waals surface area contributed by atoms with E-state index in [0.717, 1.165) is 11.0 Å². The number of para-hydroxylation sites is 1. The van der Waals surface area contributed by atoms with Crippen LogP contribution in [0.5, 0.6) is 0 Å². The lowest BCUT2D eigenvalue weighted by atomic mass is 10.2. The van der Waals surface area contributed by atoms with Crippen molar-refractivity contribution in [3.63, 3.8) is 0 Å². The van der Waals surface area contributed by atoms with Gasteiger partial charge in [-0.3, -0.25) is 0 Å². The largest absolute Gasteiger partial charge is 0.460 e. The van der Waals surface area contributed by atoms with Crippen molar-refractivity contribution in [3.8, 4) is 0 Å². The lowest BCUT2D eigenvalue weighted by molar-refractivity contribution is 0.417. The fraction of sp³-hybridized carbons (Fsp3) is 0.176. The van der Waals surface area contributed by atoms with Crippen molar-refractivity contribution in [2.45, 2.75) is 12.3 Å². The van der Waals surface area contributed by atoms with Crippen LogP contribution in [-0.4, -0.2) is 19.8 Å². The van der Waals surface area contributed by atoms with Crippen molar-refractivity contribution < 1.29 is 17.2 Å². The molecule has 1 heterocycles. The highest BCUT2D eigenvalue weighted by atomic mass is 32.2. The highest BCUT2D eigenvalue weighted by molar-refractivity contribution is 7.88. The monoisotopic (exact) mass is 333 g/mol. The van der Waals surface area contributed by atoms with E-state index in [4.69, 9.17) is 4.42 Å². The van der Waals surface area contributed by atoms with Gasteiger partial charge in [-0.25, -0.2) is 12.8 Å². The highest BCUT2D eigenvalue weighted by Gasteiger charge is 2.20. The number of sulfonamides is 1. The zero-order valence-electron chi connectivity index (χ0n) is 12.6. The highest BCUT2D eigenvalue weighted by Crippen LogP contribution is 2.21. The van der Waals surface area contributed by atoms with Crippen LogP contribution in [-0.2, 0) is 22.3 Å². The van der Waals surface area contributed by atoms with Gasteiger partial charge in [-0.05, 0) is 29.8 Å². The Morgan fingerprint density at radius 3 is 2.48 bits per heavy atom. The normalized spacial score (nSPS) is 12.1. The van der Waals surface area contributed by atoms with Crippen LogP contribution < -0.4 is 0 Å². The first-order valence-electron chi connectivity index (χ1n) is 7.10. The SMILES string of the molecule is CN(Cc1cc2ccccc2o1)S(=O)(=O)Cc1ccc(F)cc1. The summed E-state index contributed by atoms with van der Waals surface area (Å²) >= 11 is 0.